The van der Waals surface area contributed by atoms with Gasteiger partial charge in [0.05, 0.1) is 16.8 Å². The van der Waals surface area contributed by atoms with Crippen molar-refractivity contribution in [3.63, 3.8) is 0 Å². The Bertz CT molecular complexity index is 332. The van der Waals surface area contributed by atoms with Gasteiger partial charge in [0.25, 0.3) is 0 Å². The maximum Gasteiger partial charge on any atom is 0.136 e. The number of hydrogen-bond donors (Lipinski definition) is 1. The molecule has 0 amide bonds. The molecule has 2 N–H and O–H groups in total. The zero-order valence-electron chi connectivity index (χ0n) is 10.6. The zero-order valence-corrected chi connectivity index (χ0v) is 13.1. The molecular weight excluding hydrogens is 300 g/mol. The van der Waals surface area contributed by atoms with Crippen molar-refractivity contribution in [3.8, 4) is 0 Å². The highest BCUT2D eigenvalue weighted by molar-refractivity contribution is 9.10. The van der Waals surface area contributed by atoms with Gasteiger partial charge in [-0.2, -0.15) is 11.8 Å². The molecule has 0 aliphatic heterocycles. The van der Waals surface area contributed by atoms with E-state index in [9.17, 15) is 0 Å². The van der Waals surface area contributed by atoms with Crippen LogP contribution in [-0.2, 0) is 0 Å². The normalized spacial score (nSPS) is 15.2. The number of nitrogens with two attached hydrogens (primary N) is 1. The molecule has 0 spiro atoms. The van der Waals surface area contributed by atoms with Crippen molar-refractivity contribution in [1.29, 1.82) is 0 Å². The molecule has 0 radical (unpaired) electrons. The summed E-state index contributed by atoms with van der Waals surface area (Å²) in [7, 11) is 2.12. The summed E-state index contributed by atoms with van der Waals surface area (Å²) in [6.45, 7) is 2.77. The van der Waals surface area contributed by atoms with Crippen molar-refractivity contribution in [2.45, 2.75) is 25.4 Å². The lowest BCUT2D eigenvalue weighted by atomic mass is 10.1. The molecule has 0 bridgehead atoms. The SMILES string of the molecule is CCC(CSC)N(C)C(CN)c1occc1Br. The van der Waals surface area contributed by atoms with Gasteiger partial charge >= 0.3 is 0 Å². The molecule has 0 aromatic carbocycles. The number of furan rings is 1. The van der Waals surface area contributed by atoms with Crippen molar-refractivity contribution in [2.75, 3.05) is 25.6 Å². The van der Waals surface area contributed by atoms with Crippen LogP contribution in [0.5, 0.6) is 0 Å². The Labute approximate surface area is 116 Å². The molecule has 3 nitrogen and oxygen atoms in total. The number of likely N-dealkylation sites (N-methyl/N-ethyl adjacent to an activating group) is 1. The fourth-order valence-corrected chi connectivity index (χ4v) is 3.29. The third-order valence-corrected chi connectivity index (χ3v) is 4.44. The molecule has 1 rings (SSSR count). The summed E-state index contributed by atoms with van der Waals surface area (Å²) in [4.78, 5) is 2.32. The van der Waals surface area contributed by atoms with E-state index in [4.69, 9.17) is 10.2 Å². The van der Waals surface area contributed by atoms with Gasteiger partial charge in [-0.05, 0) is 41.7 Å². The highest BCUT2D eigenvalue weighted by Crippen LogP contribution is 2.29. The second-order valence-electron chi connectivity index (χ2n) is 4.07. The molecule has 0 saturated carbocycles. The highest BCUT2D eigenvalue weighted by atomic mass is 79.9. The Balaban J connectivity index is 2.83. The molecular formula is C12H21BrN2OS. The third kappa shape index (κ3) is 3.74. The van der Waals surface area contributed by atoms with Gasteiger partial charge in [0.2, 0.25) is 0 Å². The lowest BCUT2D eigenvalue weighted by molar-refractivity contribution is 0.167. The van der Waals surface area contributed by atoms with E-state index in [0.29, 0.717) is 12.6 Å². The molecule has 0 aliphatic carbocycles. The summed E-state index contributed by atoms with van der Waals surface area (Å²) in [6.07, 6.45) is 4.95. The van der Waals surface area contributed by atoms with E-state index in [-0.39, 0.29) is 6.04 Å². The van der Waals surface area contributed by atoms with Crippen LogP contribution in [0.15, 0.2) is 21.2 Å². The first-order valence-electron chi connectivity index (χ1n) is 5.79. The summed E-state index contributed by atoms with van der Waals surface area (Å²) in [6, 6.07) is 2.58. The summed E-state index contributed by atoms with van der Waals surface area (Å²) >= 11 is 5.37. The second kappa shape index (κ2) is 7.46. The van der Waals surface area contributed by atoms with Crippen molar-refractivity contribution < 1.29 is 4.42 Å². The van der Waals surface area contributed by atoms with E-state index < -0.39 is 0 Å². The van der Waals surface area contributed by atoms with E-state index in [2.05, 4.69) is 41.1 Å². The molecule has 98 valence electrons. The Morgan fingerprint density at radius 2 is 2.29 bits per heavy atom. The van der Waals surface area contributed by atoms with Crippen LogP contribution in [0.2, 0.25) is 0 Å². The number of rotatable bonds is 7. The van der Waals surface area contributed by atoms with Crippen molar-refractivity contribution in [2.24, 2.45) is 5.73 Å². The van der Waals surface area contributed by atoms with E-state index in [1.165, 1.54) is 0 Å². The predicted molar refractivity (Wildman–Crippen MR) is 78.4 cm³/mol. The predicted octanol–water partition coefficient (Wildman–Crippen LogP) is 3.12. The molecule has 1 aromatic rings. The molecule has 17 heavy (non-hydrogen) atoms. The zero-order chi connectivity index (χ0) is 12.8. The summed E-state index contributed by atoms with van der Waals surface area (Å²) in [5.41, 5.74) is 5.89. The van der Waals surface area contributed by atoms with Crippen LogP contribution in [0.4, 0.5) is 0 Å². The van der Waals surface area contributed by atoms with Crippen LogP contribution < -0.4 is 5.73 Å². The number of thioether (sulfide) groups is 1. The van der Waals surface area contributed by atoms with E-state index in [0.717, 1.165) is 22.4 Å². The van der Waals surface area contributed by atoms with Crippen molar-refractivity contribution >= 4 is 27.7 Å². The maximum atomic E-state index is 5.89. The Morgan fingerprint density at radius 3 is 2.71 bits per heavy atom. The molecule has 2 unspecified atom stereocenters. The average Bonchev–Trinajstić information content (AvgIpc) is 2.73. The van der Waals surface area contributed by atoms with Gasteiger partial charge in [0.15, 0.2) is 0 Å². The average molecular weight is 321 g/mol. The maximum absolute atomic E-state index is 5.89. The minimum Gasteiger partial charge on any atom is -0.466 e. The summed E-state index contributed by atoms with van der Waals surface area (Å²) in [5, 5.41) is 0. The number of nitrogens with zero attached hydrogens (tertiary/aromatic N) is 1. The number of hydrogen-bond acceptors (Lipinski definition) is 4. The molecule has 0 fully saturated rings. The van der Waals surface area contributed by atoms with E-state index in [1.54, 1.807) is 6.26 Å². The first-order chi connectivity index (χ1) is 8.15. The second-order valence-corrected chi connectivity index (χ2v) is 5.83. The Morgan fingerprint density at radius 1 is 1.59 bits per heavy atom. The van der Waals surface area contributed by atoms with Gasteiger partial charge in [0.1, 0.15) is 5.76 Å². The third-order valence-electron chi connectivity index (χ3n) is 3.07. The van der Waals surface area contributed by atoms with Gasteiger partial charge in [-0.15, -0.1) is 0 Å². The summed E-state index contributed by atoms with van der Waals surface area (Å²) < 4.78 is 6.53. The first kappa shape index (κ1) is 15.1. The molecule has 5 heteroatoms. The Kier molecular flexibility index (Phi) is 6.62. The molecule has 2 atom stereocenters. The minimum absolute atomic E-state index is 0.136. The first-order valence-corrected chi connectivity index (χ1v) is 7.98. The van der Waals surface area contributed by atoms with Crippen molar-refractivity contribution in [3.05, 3.63) is 22.6 Å². The standard InChI is InChI=1S/C12H21BrN2OS/c1-4-9(8-17-3)15(2)11(7-14)12-10(13)5-6-16-12/h5-6,9,11H,4,7-8,14H2,1-3H3. The van der Waals surface area contributed by atoms with E-state index in [1.807, 2.05) is 17.8 Å². The molecule has 1 aromatic heterocycles. The highest BCUT2D eigenvalue weighted by Gasteiger charge is 2.25. The van der Waals surface area contributed by atoms with Gasteiger partial charge in [-0.25, -0.2) is 0 Å². The quantitative estimate of drug-likeness (QED) is 0.838. The molecule has 1 heterocycles. The summed E-state index contributed by atoms with van der Waals surface area (Å²) in [5.74, 6) is 2.04. The van der Waals surface area contributed by atoms with Gasteiger partial charge in [-0.3, -0.25) is 4.90 Å². The molecule has 0 saturated heterocycles. The van der Waals surface area contributed by atoms with Gasteiger partial charge in [0, 0.05) is 18.3 Å². The van der Waals surface area contributed by atoms with E-state index >= 15 is 0 Å². The fraction of sp³-hybridized carbons (Fsp3) is 0.667. The minimum atomic E-state index is 0.136. The van der Waals surface area contributed by atoms with Crippen molar-refractivity contribution in [1.82, 2.24) is 4.90 Å². The van der Waals surface area contributed by atoms with Crippen LogP contribution in [0.3, 0.4) is 0 Å². The lowest BCUT2D eigenvalue weighted by Crippen LogP contribution is -2.39. The lowest BCUT2D eigenvalue weighted by Gasteiger charge is -2.32. The van der Waals surface area contributed by atoms with Crippen LogP contribution in [0, 0.1) is 0 Å². The van der Waals surface area contributed by atoms with Crippen LogP contribution in [0.1, 0.15) is 25.1 Å². The fourth-order valence-electron chi connectivity index (χ4n) is 1.97. The largest absolute Gasteiger partial charge is 0.466 e. The smallest absolute Gasteiger partial charge is 0.136 e. The molecule has 0 aliphatic rings. The van der Waals surface area contributed by atoms with Gasteiger partial charge < -0.3 is 10.2 Å². The number of halogens is 1. The van der Waals surface area contributed by atoms with Crippen LogP contribution >= 0.6 is 27.7 Å². The topological polar surface area (TPSA) is 42.4 Å². The Hall–Kier alpha value is 0.0300. The van der Waals surface area contributed by atoms with Crippen LogP contribution in [0.25, 0.3) is 0 Å². The monoisotopic (exact) mass is 320 g/mol. The van der Waals surface area contributed by atoms with Gasteiger partial charge in [-0.1, -0.05) is 6.92 Å². The van der Waals surface area contributed by atoms with Crippen LogP contribution in [-0.4, -0.2) is 36.5 Å².